The summed E-state index contributed by atoms with van der Waals surface area (Å²) in [5, 5.41) is 15.6. The molecule has 6 nitrogen and oxygen atoms in total. The van der Waals surface area contributed by atoms with E-state index < -0.39 is 5.97 Å². The first kappa shape index (κ1) is 18.0. The maximum Gasteiger partial charge on any atom is 1.00 e. The predicted octanol–water partition coefficient (Wildman–Crippen LogP) is -3.60. The molecular formula is C13H13N2NaO4S. The van der Waals surface area contributed by atoms with E-state index in [1.54, 1.807) is 12.1 Å². The van der Waals surface area contributed by atoms with Gasteiger partial charge < -0.3 is 20.5 Å². The van der Waals surface area contributed by atoms with Crippen molar-refractivity contribution in [2.24, 2.45) is 0 Å². The number of rotatable bonds is 5. The number of carboxylic acids is 1. The molecule has 1 aliphatic rings. The third-order valence-electron chi connectivity index (χ3n) is 2.77. The van der Waals surface area contributed by atoms with Gasteiger partial charge in [0.2, 0.25) is 5.91 Å². The molecule has 106 valence electrons. The SMILES string of the molecule is O=C([O-])CSCC(=O)Nc1ccc2c(c1)C(=O)NCC2.[Na+]. The van der Waals surface area contributed by atoms with Gasteiger partial charge in [0.1, 0.15) is 0 Å². The van der Waals surface area contributed by atoms with Crippen molar-refractivity contribution in [3.63, 3.8) is 0 Å². The molecule has 0 saturated carbocycles. The van der Waals surface area contributed by atoms with Crippen LogP contribution in [0.4, 0.5) is 5.69 Å². The fourth-order valence-electron chi connectivity index (χ4n) is 1.91. The molecule has 1 aliphatic heterocycles. The van der Waals surface area contributed by atoms with Crippen LogP contribution in [0.5, 0.6) is 0 Å². The fraction of sp³-hybridized carbons (Fsp3) is 0.308. The van der Waals surface area contributed by atoms with Gasteiger partial charge in [-0.1, -0.05) is 6.07 Å². The van der Waals surface area contributed by atoms with Crippen LogP contribution in [0.2, 0.25) is 0 Å². The minimum Gasteiger partial charge on any atom is -0.549 e. The molecule has 0 radical (unpaired) electrons. The maximum absolute atomic E-state index is 11.7. The quantitative estimate of drug-likeness (QED) is 0.547. The molecule has 0 spiro atoms. The van der Waals surface area contributed by atoms with Crippen molar-refractivity contribution in [1.82, 2.24) is 5.32 Å². The number of benzene rings is 1. The summed E-state index contributed by atoms with van der Waals surface area (Å²) in [6.07, 6.45) is 0.775. The molecule has 1 aromatic rings. The van der Waals surface area contributed by atoms with Crippen LogP contribution >= 0.6 is 11.8 Å². The molecular weight excluding hydrogens is 303 g/mol. The summed E-state index contributed by atoms with van der Waals surface area (Å²) in [5.74, 6) is -1.86. The number of nitrogens with one attached hydrogen (secondary N) is 2. The Morgan fingerprint density at radius 2 is 2.10 bits per heavy atom. The van der Waals surface area contributed by atoms with Crippen LogP contribution in [0.25, 0.3) is 0 Å². The molecule has 2 amide bonds. The zero-order chi connectivity index (χ0) is 14.5. The monoisotopic (exact) mass is 316 g/mol. The summed E-state index contributed by atoms with van der Waals surface area (Å²) >= 11 is 0.965. The minimum atomic E-state index is -1.20. The van der Waals surface area contributed by atoms with E-state index in [2.05, 4.69) is 10.6 Å². The molecule has 2 N–H and O–H groups in total. The van der Waals surface area contributed by atoms with Gasteiger partial charge in [0.05, 0.1) is 11.7 Å². The fourth-order valence-corrected chi connectivity index (χ4v) is 2.44. The number of carbonyl (C=O) groups excluding carboxylic acids is 3. The number of carbonyl (C=O) groups is 3. The van der Waals surface area contributed by atoms with E-state index in [4.69, 9.17) is 0 Å². The van der Waals surface area contributed by atoms with Crippen LogP contribution < -0.4 is 45.3 Å². The first-order valence-corrected chi connectivity index (χ1v) is 7.20. The van der Waals surface area contributed by atoms with Crippen molar-refractivity contribution in [2.45, 2.75) is 6.42 Å². The second kappa shape index (κ2) is 8.43. The number of hydrogen-bond donors (Lipinski definition) is 2. The number of amides is 2. The van der Waals surface area contributed by atoms with Crippen molar-refractivity contribution in [3.8, 4) is 0 Å². The van der Waals surface area contributed by atoms with E-state index in [-0.39, 0.29) is 52.9 Å². The summed E-state index contributed by atoms with van der Waals surface area (Å²) in [5.41, 5.74) is 2.05. The van der Waals surface area contributed by atoms with Crippen molar-refractivity contribution >= 4 is 35.2 Å². The Morgan fingerprint density at radius 3 is 2.81 bits per heavy atom. The van der Waals surface area contributed by atoms with E-state index in [0.717, 1.165) is 23.7 Å². The van der Waals surface area contributed by atoms with Gasteiger partial charge in [0.15, 0.2) is 0 Å². The van der Waals surface area contributed by atoms with Gasteiger partial charge in [0, 0.05) is 23.5 Å². The van der Waals surface area contributed by atoms with Gasteiger partial charge in [-0.15, -0.1) is 11.8 Å². The number of fused-ring (bicyclic) bond motifs is 1. The summed E-state index contributed by atoms with van der Waals surface area (Å²) in [6.45, 7) is 0.622. The van der Waals surface area contributed by atoms with Gasteiger partial charge in [-0.2, -0.15) is 0 Å². The van der Waals surface area contributed by atoms with Crippen LogP contribution in [-0.2, 0) is 16.0 Å². The zero-order valence-electron chi connectivity index (χ0n) is 11.6. The Morgan fingerprint density at radius 1 is 1.33 bits per heavy atom. The number of thioether (sulfide) groups is 1. The molecule has 2 rings (SSSR count). The third-order valence-corrected chi connectivity index (χ3v) is 3.68. The van der Waals surface area contributed by atoms with Crippen molar-refractivity contribution in [2.75, 3.05) is 23.4 Å². The van der Waals surface area contributed by atoms with Crippen molar-refractivity contribution in [3.05, 3.63) is 29.3 Å². The van der Waals surface area contributed by atoms with Crippen LogP contribution in [0.3, 0.4) is 0 Å². The van der Waals surface area contributed by atoms with E-state index >= 15 is 0 Å². The molecule has 0 atom stereocenters. The van der Waals surface area contributed by atoms with Gasteiger partial charge >= 0.3 is 29.6 Å². The van der Waals surface area contributed by atoms with Gasteiger partial charge in [-0.05, 0) is 24.1 Å². The van der Waals surface area contributed by atoms with Gasteiger partial charge in [0.25, 0.3) is 5.91 Å². The van der Waals surface area contributed by atoms with E-state index in [0.29, 0.717) is 17.8 Å². The van der Waals surface area contributed by atoms with Crippen molar-refractivity contribution in [1.29, 1.82) is 0 Å². The molecule has 1 heterocycles. The van der Waals surface area contributed by atoms with Gasteiger partial charge in [-0.25, -0.2) is 0 Å². The summed E-state index contributed by atoms with van der Waals surface area (Å²) in [4.78, 5) is 33.5. The second-order valence-corrected chi connectivity index (χ2v) is 5.28. The predicted molar refractivity (Wildman–Crippen MR) is 73.4 cm³/mol. The molecule has 8 heteroatoms. The zero-order valence-corrected chi connectivity index (χ0v) is 14.4. The smallest absolute Gasteiger partial charge is 0.549 e. The van der Waals surface area contributed by atoms with Crippen LogP contribution in [-0.4, -0.2) is 35.8 Å². The standard InChI is InChI=1S/C13H14N2O4S.Na/c16-11(6-20-7-12(17)18)15-9-2-1-8-3-4-14-13(19)10(8)5-9;/h1-2,5H,3-4,6-7H2,(H,14,19)(H,15,16)(H,17,18);/q;+1/p-1. The summed E-state index contributed by atoms with van der Waals surface area (Å²) < 4.78 is 0. The largest absolute Gasteiger partial charge is 1.00 e. The first-order valence-electron chi connectivity index (χ1n) is 6.05. The van der Waals surface area contributed by atoms with Crippen LogP contribution in [0, 0.1) is 0 Å². The molecule has 0 unspecified atom stereocenters. The first-order chi connectivity index (χ1) is 9.56. The number of aliphatic carboxylic acids is 1. The Balaban J connectivity index is 0.00000220. The Labute approximate surface area is 148 Å². The minimum absolute atomic E-state index is 0. The Kier molecular flexibility index (Phi) is 7.24. The topological polar surface area (TPSA) is 98.3 Å². The molecule has 0 aliphatic carbocycles. The summed E-state index contributed by atoms with van der Waals surface area (Å²) in [6, 6.07) is 5.18. The average molecular weight is 316 g/mol. The summed E-state index contributed by atoms with van der Waals surface area (Å²) in [7, 11) is 0. The van der Waals surface area contributed by atoms with Crippen LogP contribution in [0.1, 0.15) is 15.9 Å². The van der Waals surface area contributed by atoms with E-state index in [1.165, 1.54) is 0 Å². The number of anilines is 1. The Bertz CT molecular complexity index is 565. The van der Waals surface area contributed by atoms with E-state index in [9.17, 15) is 19.5 Å². The van der Waals surface area contributed by atoms with E-state index in [1.807, 2.05) is 6.07 Å². The molecule has 0 aromatic heterocycles. The number of carboxylic acid groups (broad SMARTS) is 1. The molecule has 0 saturated heterocycles. The average Bonchev–Trinajstić information content (AvgIpc) is 2.39. The van der Waals surface area contributed by atoms with Gasteiger partial charge in [-0.3, -0.25) is 9.59 Å². The second-order valence-electron chi connectivity index (χ2n) is 4.29. The van der Waals surface area contributed by atoms with Crippen LogP contribution in [0.15, 0.2) is 18.2 Å². The number of hydrogen-bond acceptors (Lipinski definition) is 5. The molecule has 21 heavy (non-hydrogen) atoms. The normalized spacial score (nSPS) is 12.7. The Hall–Kier alpha value is -1.02. The maximum atomic E-state index is 11.7. The molecule has 0 bridgehead atoms. The van der Waals surface area contributed by atoms with Crippen molar-refractivity contribution < 1.29 is 49.0 Å². The molecule has 0 fully saturated rings. The third kappa shape index (κ3) is 5.35. The molecule has 1 aromatic carbocycles.